The fourth-order valence-electron chi connectivity index (χ4n) is 1.89. The number of halogens is 2. The molecule has 5 heteroatoms. The second-order valence-corrected chi connectivity index (χ2v) is 5.57. The van der Waals surface area contributed by atoms with Gasteiger partial charge in [0.1, 0.15) is 11.6 Å². The topological polar surface area (TPSA) is 29.0 Å². The fourth-order valence-corrected chi connectivity index (χ4v) is 2.53. The van der Waals surface area contributed by atoms with E-state index in [1.54, 1.807) is 6.20 Å². The summed E-state index contributed by atoms with van der Waals surface area (Å²) in [5, 5.41) is 0. The fraction of sp³-hybridized carbons (Fsp3) is 0.286. The van der Waals surface area contributed by atoms with Gasteiger partial charge < -0.3 is 4.90 Å². The van der Waals surface area contributed by atoms with Crippen LogP contribution in [0, 0.1) is 6.92 Å². The highest BCUT2D eigenvalue weighted by Gasteiger charge is 2.10. The molecule has 0 saturated carbocycles. The van der Waals surface area contributed by atoms with Gasteiger partial charge in [0.25, 0.3) is 0 Å². The van der Waals surface area contributed by atoms with Gasteiger partial charge in [0.15, 0.2) is 0 Å². The van der Waals surface area contributed by atoms with Crippen LogP contribution in [0.15, 0.2) is 34.9 Å². The summed E-state index contributed by atoms with van der Waals surface area (Å²) in [5.41, 5.74) is 2.17. The zero-order valence-electron chi connectivity index (χ0n) is 10.9. The first kappa shape index (κ1) is 14.3. The summed E-state index contributed by atoms with van der Waals surface area (Å²) in [6.45, 7) is 2.66. The molecule has 0 N–H and O–H groups in total. The lowest BCUT2D eigenvalue weighted by Gasteiger charge is -2.21. The minimum atomic E-state index is 0.415. The monoisotopic (exact) mass is 339 g/mol. The molecule has 3 nitrogen and oxygen atoms in total. The summed E-state index contributed by atoms with van der Waals surface area (Å²) in [6.07, 6.45) is 1.79. The van der Waals surface area contributed by atoms with Crippen molar-refractivity contribution in [1.82, 2.24) is 9.97 Å². The Kier molecular flexibility index (Phi) is 4.77. The van der Waals surface area contributed by atoms with Gasteiger partial charge in [-0.3, -0.25) is 0 Å². The van der Waals surface area contributed by atoms with E-state index in [1.807, 2.05) is 26.1 Å². The molecule has 1 heterocycles. The van der Waals surface area contributed by atoms with E-state index in [0.717, 1.165) is 28.2 Å². The van der Waals surface area contributed by atoms with Crippen LogP contribution in [0.4, 0.5) is 5.82 Å². The Bertz CT molecular complexity index is 574. The SMILES string of the molecule is Cc1ncc(CCl)c(N(C)Cc2cccc(Br)c2)n1. The predicted octanol–water partition coefficient (Wildman–Crippen LogP) is 3.92. The molecule has 0 radical (unpaired) electrons. The Morgan fingerprint density at radius 3 is 2.84 bits per heavy atom. The number of alkyl halides is 1. The molecule has 19 heavy (non-hydrogen) atoms. The summed E-state index contributed by atoms with van der Waals surface area (Å²) in [5.74, 6) is 2.06. The van der Waals surface area contributed by atoms with Crippen molar-refractivity contribution in [3.63, 3.8) is 0 Å². The number of aryl methyl sites for hydroxylation is 1. The van der Waals surface area contributed by atoms with Gasteiger partial charge in [0.2, 0.25) is 0 Å². The van der Waals surface area contributed by atoms with Crippen molar-refractivity contribution in [3.8, 4) is 0 Å². The maximum atomic E-state index is 5.94. The number of hydrogen-bond donors (Lipinski definition) is 0. The minimum Gasteiger partial charge on any atom is -0.355 e. The first-order chi connectivity index (χ1) is 9.10. The molecule has 2 aromatic rings. The largest absolute Gasteiger partial charge is 0.355 e. The van der Waals surface area contributed by atoms with Gasteiger partial charge in [-0.15, -0.1) is 11.6 Å². The third kappa shape index (κ3) is 3.67. The van der Waals surface area contributed by atoms with Crippen LogP contribution in [0.25, 0.3) is 0 Å². The molecule has 0 fully saturated rings. The highest BCUT2D eigenvalue weighted by Crippen LogP contribution is 2.21. The summed E-state index contributed by atoms with van der Waals surface area (Å²) in [6, 6.07) is 8.24. The van der Waals surface area contributed by atoms with E-state index in [1.165, 1.54) is 5.56 Å². The van der Waals surface area contributed by atoms with Gasteiger partial charge in [-0.1, -0.05) is 28.1 Å². The molecular weight excluding hydrogens is 326 g/mol. The van der Waals surface area contributed by atoms with Crippen molar-refractivity contribution < 1.29 is 0 Å². The number of aromatic nitrogens is 2. The number of hydrogen-bond acceptors (Lipinski definition) is 3. The quantitative estimate of drug-likeness (QED) is 0.790. The Hall–Kier alpha value is -1.13. The van der Waals surface area contributed by atoms with Crippen LogP contribution >= 0.6 is 27.5 Å². The lowest BCUT2D eigenvalue weighted by atomic mass is 10.2. The molecule has 0 saturated heterocycles. The van der Waals surface area contributed by atoms with E-state index in [4.69, 9.17) is 11.6 Å². The Morgan fingerprint density at radius 2 is 2.16 bits per heavy atom. The molecule has 0 atom stereocenters. The van der Waals surface area contributed by atoms with Crippen LogP contribution in [0.3, 0.4) is 0 Å². The first-order valence-corrected chi connectivity index (χ1v) is 7.27. The molecule has 0 spiro atoms. The van der Waals surface area contributed by atoms with Gasteiger partial charge >= 0.3 is 0 Å². The van der Waals surface area contributed by atoms with Crippen molar-refractivity contribution in [2.24, 2.45) is 0 Å². The summed E-state index contributed by atoms with van der Waals surface area (Å²) in [4.78, 5) is 10.8. The Balaban J connectivity index is 2.24. The molecule has 1 aromatic carbocycles. The molecule has 0 aliphatic rings. The van der Waals surface area contributed by atoms with E-state index >= 15 is 0 Å². The summed E-state index contributed by atoms with van der Waals surface area (Å²) >= 11 is 9.43. The molecule has 0 bridgehead atoms. The highest BCUT2D eigenvalue weighted by atomic mass is 79.9. The van der Waals surface area contributed by atoms with Crippen molar-refractivity contribution >= 4 is 33.3 Å². The van der Waals surface area contributed by atoms with E-state index in [0.29, 0.717) is 5.88 Å². The molecule has 1 aromatic heterocycles. The van der Waals surface area contributed by atoms with Crippen LogP contribution in [0.5, 0.6) is 0 Å². The lowest BCUT2D eigenvalue weighted by molar-refractivity contribution is 0.867. The van der Waals surface area contributed by atoms with Gasteiger partial charge in [-0.05, 0) is 24.6 Å². The van der Waals surface area contributed by atoms with Gasteiger partial charge in [0.05, 0.1) is 5.88 Å². The molecule has 0 aliphatic carbocycles. The van der Waals surface area contributed by atoms with Crippen LogP contribution in [0.1, 0.15) is 17.0 Å². The Labute approximate surface area is 126 Å². The van der Waals surface area contributed by atoms with Crippen LogP contribution in [-0.4, -0.2) is 17.0 Å². The second-order valence-electron chi connectivity index (χ2n) is 4.39. The average molecular weight is 341 g/mol. The second kappa shape index (κ2) is 6.35. The lowest BCUT2D eigenvalue weighted by Crippen LogP contribution is -2.20. The van der Waals surface area contributed by atoms with E-state index in [-0.39, 0.29) is 0 Å². The first-order valence-electron chi connectivity index (χ1n) is 5.94. The third-order valence-electron chi connectivity index (χ3n) is 2.78. The normalized spacial score (nSPS) is 10.5. The number of anilines is 1. The van der Waals surface area contributed by atoms with Gasteiger partial charge in [-0.25, -0.2) is 9.97 Å². The van der Waals surface area contributed by atoms with Crippen molar-refractivity contribution in [2.45, 2.75) is 19.3 Å². The van der Waals surface area contributed by atoms with E-state index < -0.39 is 0 Å². The van der Waals surface area contributed by atoms with Gasteiger partial charge in [-0.2, -0.15) is 0 Å². The molecule has 0 amide bonds. The minimum absolute atomic E-state index is 0.415. The van der Waals surface area contributed by atoms with Crippen LogP contribution in [0.2, 0.25) is 0 Å². The molecule has 0 aliphatic heterocycles. The maximum absolute atomic E-state index is 5.94. The van der Waals surface area contributed by atoms with E-state index in [2.05, 4.69) is 42.9 Å². The maximum Gasteiger partial charge on any atom is 0.136 e. The average Bonchev–Trinajstić information content (AvgIpc) is 2.38. The summed E-state index contributed by atoms with van der Waals surface area (Å²) < 4.78 is 1.08. The van der Waals surface area contributed by atoms with Crippen molar-refractivity contribution in [1.29, 1.82) is 0 Å². The number of nitrogens with zero attached hydrogens (tertiary/aromatic N) is 3. The zero-order valence-corrected chi connectivity index (χ0v) is 13.2. The van der Waals surface area contributed by atoms with Crippen molar-refractivity contribution in [2.75, 3.05) is 11.9 Å². The molecule has 0 unspecified atom stereocenters. The smallest absolute Gasteiger partial charge is 0.136 e. The molecule has 2 rings (SSSR count). The standard InChI is InChI=1S/C14H15BrClN3/c1-10-17-8-12(7-16)14(18-10)19(2)9-11-4-3-5-13(15)6-11/h3-6,8H,7,9H2,1-2H3. The predicted molar refractivity (Wildman–Crippen MR) is 82.6 cm³/mol. The zero-order chi connectivity index (χ0) is 13.8. The van der Waals surface area contributed by atoms with E-state index in [9.17, 15) is 0 Å². The third-order valence-corrected chi connectivity index (χ3v) is 3.56. The molecular formula is C14H15BrClN3. The number of rotatable bonds is 4. The van der Waals surface area contributed by atoms with Crippen LogP contribution in [-0.2, 0) is 12.4 Å². The summed E-state index contributed by atoms with van der Waals surface area (Å²) in [7, 11) is 2.01. The van der Waals surface area contributed by atoms with Crippen LogP contribution < -0.4 is 4.90 Å². The van der Waals surface area contributed by atoms with Crippen molar-refractivity contribution in [3.05, 3.63) is 51.9 Å². The highest BCUT2D eigenvalue weighted by molar-refractivity contribution is 9.10. The number of benzene rings is 1. The van der Waals surface area contributed by atoms with Gasteiger partial charge in [0, 0.05) is 29.8 Å². The Morgan fingerprint density at radius 1 is 1.37 bits per heavy atom. The molecule has 100 valence electrons.